The molecule has 9 nitrogen and oxygen atoms in total. The number of methoxy groups -OCH3 is 3. The van der Waals surface area contributed by atoms with Crippen molar-refractivity contribution in [1.82, 2.24) is 15.1 Å². The fraction of sp³-hybridized carbons (Fsp3) is 0.562. The van der Waals surface area contributed by atoms with Crippen LogP contribution in [-0.4, -0.2) is 81.3 Å². The Labute approximate surface area is 254 Å². The summed E-state index contributed by atoms with van der Waals surface area (Å²) in [6.45, 7) is 9.16. The molecule has 0 saturated carbocycles. The summed E-state index contributed by atoms with van der Waals surface area (Å²) in [6.07, 6.45) is 3.64. The molecule has 2 fully saturated rings. The van der Waals surface area contributed by atoms with E-state index >= 15 is 0 Å². The Bertz CT molecular complexity index is 1200. The van der Waals surface area contributed by atoms with E-state index in [1.54, 1.807) is 12.1 Å². The highest BCUT2D eigenvalue weighted by atomic mass is 35.5. The summed E-state index contributed by atoms with van der Waals surface area (Å²) in [5.74, 6) is 2.07. The van der Waals surface area contributed by atoms with Crippen molar-refractivity contribution in [3.8, 4) is 17.2 Å². The minimum absolute atomic E-state index is 0.0380. The van der Waals surface area contributed by atoms with Gasteiger partial charge in [0.2, 0.25) is 11.7 Å². The molecule has 0 bridgehead atoms. The number of nitrogens with zero attached hydrogens (tertiary/aromatic N) is 2. The molecule has 2 N–H and O–H groups in total. The maximum Gasteiger partial charge on any atom is 0.319 e. The molecular formula is C32H45ClN4O5. The Morgan fingerprint density at radius 3 is 2.12 bits per heavy atom. The smallest absolute Gasteiger partial charge is 0.319 e. The number of amides is 3. The number of hydrogen-bond donors (Lipinski definition) is 2. The Kier molecular flexibility index (Phi) is 10.5. The van der Waals surface area contributed by atoms with Crippen molar-refractivity contribution in [3.05, 3.63) is 47.0 Å². The van der Waals surface area contributed by atoms with Crippen molar-refractivity contribution >= 4 is 29.2 Å². The molecule has 42 heavy (non-hydrogen) atoms. The lowest BCUT2D eigenvalue weighted by Gasteiger charge is -2.38. The van der Waals surface area contributed by atoms with Crippen molar-refractivity contribution in [2.75, 3.05) is 52.8 Å². The maximum atomic E-state index is 13.3. The van der Waals surface area contributed by atoms with Gasteiger partial charge in [0.15, 0.2) is 11.5 Å². The molecule has 0 aromatic heterocycles. The fourth-order valence-corrected chi connectivity index (χ4v) is 6.12. The number of benzene rings is 2. The number of rotatable bonds is 9. The summed E-state index contributed by atoms with van der Waals surface area (Å²) in [5, 5.41) is 6.85. The van der Waals surface area contributed by atoms with Crippen LogP contribution in [0.2, 0.25) is 5.02 Å². The van der Waals surface area contributed by atoms with Gasteiger partial charge >= 0.3 is 6.03 Å². The van der Waals surface area contributed by atoms with E-state index in [0.717, 1.165) is 37.4 Å². The van der Waals surface area contributed by atoms with Gasteiger partial charge in [-0.15, -0.1) is 0 Å². The lowest BCUT2D eigenvalue weighted by Crippen LogP contribution is -2.54. The van der Waals surface area contributed by atoms with Crippen molar-refractivity contribution < 1.29 is 23.8 Å². The number of piperidine rings is 1. The van der Waals surface area contributed by atoms with Crippen LogP contribution in [0.25, 0.3) is 0 Å². The minimum Gasteiger partial charge on any atom is -0.493 e. The Morgan fingerprint density at radius 2 is 1.57 bits per heavy atom. The third kappa shape index (κ3) is 8.22. The number of likely N-dealkylation sites (tertiary alicyclic amines) is 2. The molecule has 0 aliphatic carbocycles. The van der Waals surface area contributed by atoms with E-state index in [1.165, 1.54) is 26.9 Å². The Morgan fingerprint density at radius 1 is 0.952 bits per heavy atom. The average Bonchev–Trinajstić information content (AvgIpc) is 3.37. The van der Waals surface area contributed by atoms with Gasteiger partial charge in [0.1, 0.15) is 0 Å². The summed E-state index contributed by atoms with van der Waals surface area (Å²) >= 11 is 6.06. The van der Waals surface area contributed by atoms with Gasteiger partial charge in [-0.2, -0.15) is 0 Å². The number of carbonyl (C=O) groups is 2. The largest absolute Gasteiger partial charge is 0.493 e. The standard InChI is InChI=1S/C32H45ClN4O5/c1-32(2,3)18-29(38)37-19-25(35-31(39)34-24-16-27(40-4)30(42-6)28(17-24)41-5)26(20-37)36-13-11-22(12-14-36)15-21-7-9-23(33)10-8-21/h7-10,16-17,22,25-26H,11-15,18-20H2,1-6H3,(H2,34,35,39). The molecule has 2 aromatic carbocycles. The lowest BCUT2D eigenvalue weighted by atomic mass is 9.89. The molecule has 230 valence electrons. The third-order valence-corrected chi connectivity index (χ3v) is 8.37. The van der Waals surface area contributed by atoms with E-state index in [-0.39, 0.29) is 29.4 Å². The fourth-order valence-electron chi connectivity index (χ4n) is 6.00. The first kappa shape index (κ1) is 31.8. The number of carbonyl (C=O) groups excluding carboxylic acids is 2. The predicted molar refractivity (Wildman–Crippen MR) is 166 cm³/mol. The number of nitrogens with one attached hydrogen (secondary N) is 2. The summed E-state index contributed by atoms with van der Waals surface area (Å²) in [4.78, 5) is 30.9. The molecule has 2 aliphatic heterocycles. The van der Waals surface area contributed by atoms with Crippen molar-refractivity contribution in [3.63, 3.8) is 0 Å². The SMILES string of the molecule is COc1cc(NC(=O)NC2CN(C(=O)CC(C)(C)C)CC2N2CCC(Cc3ccc(Cl)cc3)CC2)cc(OC)c1OC. The van der Waals surface area contributed by atoms with Gasteiger partial charge in [0.05, 0.1) is 33.1 Å². The van der Waals surface area contributed by atoms with Crippen LogP contribution in [0.5, 0.6) is 17.2 Å². The number of halogens is 1. The molecule has 2 saturated heterocycles. The van der Waals surface area contributed by atoms with E-state index in [4.69, 9.17) is 25.8 Å². The molecule has 2 atom stereocenters. The molecule has 2 heterocycles. The molecular weight excluding hydrogens is 556 g/mol. The first-order valence-corrected chi connectivity index (χ1v) is 15.0. The van der Waals surface area contributed by atoms with Gasteiger partial charge in [-0.05, 0) is 61.4 Å². The summed E-state index contributed by atoms with van der Waals surface area (Å²) in [7, 11) is 4.60. The van der Waals surface area contributed by atoms with E-state index in [0.29, 0.717) is 48.4 Å². The second-order valence-corrected chi connectivity index (χ2v) is 13.0. The lowest BCUT2D eigenvalue weighted by molar-refractivity contribution is -0.132. The summed E-state index contributed by atoms with van der Waals surface area (Å²) in [6, 6.07) is 11.0. The van der Waals surface area contributed by atoms with Crippen molar-refractivity contribution in [1.29, 1.82) is 0 Å². The molecule has 2 aromatic rings. The minimum atomic E-state index is -0.345. The molecule has 3 amide bonds. The quantitative estimate of drug-likeness (QED) is 0.397. The van der Waals surface area contributed by atoms with Gasteiger partial charge in [-0.1, -0.05) is 44.5 Å². The first-order valence-electron chi connectivity index (χ1n) is 14.6. The topological polar surface area (TPSA) is 92.4 Å². The zero-order valence-corrected chi connectivity index (χ0v) is 26.4. The number of urea groups is 1. The van der Waals surface area contributed by atoms with Crippen molar-refractivity contribution in [2.24, 2.45) is 11.3 Å². The summed E-state index contributed by atoms with van der Waals surface area (Å²) < 4.78 is 16.3. The molecule has 0 spiro atoms. The zero-order chi connectivity index (χ0) is 30.4. The van der Waals surface area contributed by atoms with E-state index in [9.17, 15) is 9.59 Å². The monoisotopic (exact) mass is 600 g/mol. The highest BCUT2D eigenvalue weighted by Gasteiger charge is 2.41. The summed E-state index contributed by atoms with van der Waals surface area (Å²) in [5.41, 5.74) is 1.71. The third-order valence-electron chi connectivity index (χ3n) is 8.12. The van der Waals surface area contributed by atoms with Gasteiger partial charge < -0.3 is 29.7 Å². The van der Waals surface area contributed by atoms with Crippen LogP contribution >= 0.6 is 11.6 Å². The molecule has 2 unspecified atom stereocenters. The van der Waals surface area contributed by atoms with E-state index < -0.39 is 0 Å². The van der Waals surface area contributed by atoms with Gasteiger partial charge in [0.25, 0.3) is 0 Å². The van der Waals surface area contributed by atoms with E-state index in [2.05, 4.69) is 48.4 Å². The second kappa shape index (κ2) is 13.9. The molecule has 4 rings (SSSR count). The number of hydrogen-bond acceptors (Lipinski definition) is 6. The first-order chi connectivity index (χ1) is 20.0. The second-order valence-electron chi connectivity index (χ2n) is 12.5. The average molecular weight is 601 g/mol. The number of ether oxygens (including phenoxy) is 3. The maximum absolute atomic E-state index is 13.3. The Balaban J connectivity index is 1.44. The molecule has 0 radical (unpaired) electrons. The van der Waals surface area contributed by atoms with Gasteiger partial charge in [-0.25, -0.2) is 4.79 Å². The predicted octanol–water partition coefficient (Wildman–Crippen LogP) is 5.46. The van der Waals surface area contributed by atoms with E-state index in [1.807, 2.05) is 17.0 Å². The van der Waals surface area contributed by atoms with Gasteiger partial charge in [0, 0.05) is 42.7 Å². The van der Waals surface area contributed by atoms with Crippen LogP contribution in [-0.2, 0) is 11.2 Å². The highest BCUT2D eigenvalue weighted by Crippen LogP contribution is 2.40. The van der Waals surface area contributed by atoms with Gasteiger partial charge in [-0.3, -0.25) is 9.69 Å². The molecule has 2 aliphatic rings. The Hall–Kier alpha value is -3.17. The van der Waals surface area contributed by atoms with Crippen LogP contribution in [0, 0.1) is 11.3 Å². The van der Waals surface area contributed by atoms with Crippen molar-refractivity contribution in [2.45, 2.75) is 58.5 Å². The van der Waals surface area contributed by atoms with Crippen LogP contribution in [0.4, 0.5) is 10.5 Å². The number of anilines is 1. The molecule has 10 heteroatoms. The normalized spacial score (nSPS) is 19.8. The van der Waals surface area contributed by atoms with Crippen LogP contribution < -0.4 is 24.8 Å². The van der Waals surface area contributed by atoms with Crippen LogP contribution in [0.1, 0.15) is 45.6 Å². The highest BCUT2D eigenvalue weighted by molar-refractivity contribution is 6.30. The van der Waals surface area contributed by atoms with Crippen LogP contribution in [0.3, 0.4) is 0 Å². The zero-order valence-electron chi connectivity index (χ0n) is 25.7. The van der Waals surface area contributed by atoms with Crippen LogP contribution in [0.15, 0.2) is 36.4 Å².